The molecule has 0 bridgehead atoms. The Morgan fingerprint density at radius 1 is 1.29 bits per heavy atom. The number of carbonyl (C=O) groups excluding carboxylic acids is 1. The van der Waals surface area contributed by atoms with E-state index < -0.39 is 0 Å². The third-order valence-corrected chi connectivity index (χ3v) is 3.46. The van der Waals surface area contributed by atoms with Gasteiger partial charge in [0.25, 0.3) is 5.91 Å². The molecule has 1 amide bonds. The number of nitrogens with zero attached hydrogens (tertiary/aromatic N) is 4. The molecule has 6 nitrogen and oxygen atoms in total. The molecule has 1 saturated heterocycles. The summed E-state index contributed by atoms with van der Waals surface area (Å²) in [5, 5.41) is 21.0. The van der Waals surface area contributed by atoms with Gasteiger partial charge in [-0.05, 0) is 37.5 Å². The number of benzene rings is 1. The minimum atomic E-state index is -0.259. The van der Waals surface area contributed by atoms with Gasteiger partial charge < -0.3 is 4.90 Å². The minimum absolute atomic E-state index is 0.0124. The molecule has 1 N–H and O–H groups in total. The topological polar surface area (TPSA) is 92.3 Å². The molecule has 0 aromatic heterocycles. The number of nitrogens with one attached hydrogen (secondary N) is 1. The van der Waals surface area contributed by atoms with E-state index >= 15 is 0 Å². The maximum absolute atomic E-state index is 12.4. The molecular formula is C15H15N5O. The maximum Gasteiger partial charge on any atom is 0.254 e. The molecule has 1 aromatic rings. The quantitative estimate of drug-likeness (QED) is 0.677. The van der Waals surface area contributed by atoms with Gasteiger partial charge in [-0.25, -0.2) is 0 Å². The molecule has 0 radical (unpaired) electrons. The van der Waals surface area contributed by atoms with Crippen molar-refractivity contribution < 1.29 is 4.79 Å². The second kappa shape index (κ2) is 6.53. The van der Waals surface area contributed by atoms with Crippen LogP contribution in [0, 0.1) is 29.6 Å². The molecule has 0 spiro atoms. The molecule has 0 unspecified atom stereocenters. The van der Waals surface area contributed by atoms with Crippen molar-refractivity contribution >= 4 is 17.3 Å². The van der Waals surface area contributed by atoms with E-state index in [2.05, 4.69) is 10.5 Å². The van der Waals surface area contributed by atoms with Crippen molar-refractivity contribution in [2.24, 2.45) is 5.10 Å². The highest BCUT2D eigenvalue weighted by Gasteiger charge is 2.21. The summed E-state index contributed by atoms with van der Waals surface area (Å²) < 4.78 is 0. The van der Waals surface area contributed by atoms with Crippen LogP contribution in [0.2, 0.25) is 0 Å². The molecule has 1 aliphatic rings. The fourth-order valence-corrected chi connectivity index (χ4v) is 2.27. The second-order valence-corrected chi connectivity index (χ2v) is 4.77. The largest absolute Gasteiger partial charge is 0.339 e. The Morgan fingerprint density at radius 2 is 1.95 bits per heavy atom. The fourth-order valence-electron chi connectivity index (χ4n) is 2.27. The van der Waals surface area contributed by atoms with Crippen molar-refractivity contribution in [3.05, 3.63) is 29.3 Å². The molecule has 21 heavy (non-hydrogen) atoms. The summed E-state index contributed by atoms with van der Waals surface area (Å²) in [4.78, 5) is 14.3. The minimum Gasteiger partial charge on any atom is -0.339 e. The predicted molar refractivity (Wildman–Crippen MR) is 78.6 cm³/mol. The number of amides is 1. The van der Waals surface area contributed by atoms with E-state index in [0.29, 0.717) is 11.3 Å². The van der Waals surface area contributed by atoms with Crippen LogP contribution < -0.4 is 5.43 Å². The van der Waals surface area contributed by atoms with E-state index in [-0.39, 0.29) is 11.6 Å². The Bertz CT molecular complexity index is 644. The number of carbonyl (C=O) groups is 1. The van der Waals surface area contributed by atoms with Crippen molar-refractivity contribution in [1.82, 2.24) is 4.90 Å². The fraction of sp³-hybridized carbons (Fsp3) is 0.333. The number of anilines is 1. The van der Waals surface area contributed by atoms with Crippen LogP contribution in [-0.4, -0.2) is 29.6 Å². The van der Waals surface area contributed by atoms with Gasteiger partial charge in [-0.15, -0.1) is 0 Å². The van der Waals surface area contributed by atoms with E-state index in [1.807, 2.05) is 11.8 Å². The highest BCUT2D eigenvalue weighted by Crippen LogP contribution is 2.22. The number of rotatable bonds is 3. The standard InChI is InChI=1S/C15H15N5O/c1-11-13(15(21)20-7-2-3-8-20)5-4-6-14(11)19-18-12(9-16)10-17/h4-6,19H,2-3,7-8H2,1H3. The van der Waals surface area contributed by atoms with Gasteiger partial charge in [0.1, 0.15) is 12.1 Å². The predicted octanol–water partition coefficient (Wildman–Crippen LogP) is 2.05. The van der Waals surface area contributed by atoms with Gasteiger partial charge in [0, 0.05) is 18.7 Å². The summed E-state index contributed by atoms with van der Waals surface area (Å²) in [6, 6.07) is 8.64. The molecule has 0 aliphatic carbocycles. The third kappa shape index (κ3) is 3.18. The van der Waals surface area contributed by atoms with Gasteiger partial charge in [-0.1, -0.05) is 6.07 Å². The zero-order valence-corrected chi connectivity index (χ0v) is 11.8. The number of nitriles is 2. The van der Waals surface area contributed by atoms with Crippen LogP contribution in [0.3, 0.4) is 0 Å². The number of likely N-dealkylation sites (tertiary alicyclic amines) is 1. The monoisotopic (exact) mass is 281 g/mol. The van der Waals surface area contributed by atoms with Crippen LogP contribution in [0.5, 0.6) is 0 Å². The van der Waals surface area contributed by atoms with Crippen LogP contribution in [0.15, 0.2) is 23.3 Å². The van der Waals surface area contributed by atoms with E-state index in [1.165, 1.54) is 0 Å². The molecule has 1 aromatic carbocycles. The molecule has 2 rings (SSSR count). The number of hydrogen-bond acceptors (Lipinski definition) is 5. The first-order valence-electron chi connectivity index (χ1n) is 6.70. The van der Waals surface area contributed by atoms with Gasteiger partial charge in [0.15, 0.2) is 0 Å². The Balaban J connectivity index is 2.24. The molecule has 0 saturated carbocycles. The van der Waals surface area contributed by atoms with Crippen molar-refractivity contribution in [1.29, 1.82) is 10.5 Å². The molecule has 0 atom stereocenters. The van der Waals surface area contributed by atoms with Gasteiger partial charge in [-0.3, -0.25) is 10.2 Å². The lowest BCUT2D eigenvalue weighted by Crippen LogP contribution is -2.28. The lowest BCUT2D eigenvalue weighted by atomic mass is 10.1. The van der Waals surface area contributed by atoms with E-state index in [4.69, 9.17) is 10.5 Å². The first kappa shape index (κ1) is 14.5. The van der Waals surface area contributed by atoms with Crippen LogP contribution in [0.25, 0.3) is 0 Å². The molecule has 1 aliphatic heterocycles. The number of hydrazone groups is 1. The summed E-state index contributed by atoms with van der Waals surface area (Å²) in [5.41, 5.74) is 4.40. The Morgan fingerprint density at radius 3 is 2.57 bits per heavy atom. The molecule has 1 heterocycles. The summed E-state index contributed by atoms with van der Waals surface area (Å²) in [5.74, 6) is 0.0124. The lowest BCUT2D eigenvalue weighted by Gasteiger charge is -2.17. The zero-order chi connectivity index (χ0) is 15.2. The highest BCUT2D eigenvalue weighted by atomic mass is 16.2. The molecule has 6 heteroatoms. The van der Waals surface area contributed by atoms with Gasteiger partial charge in [0.05, 0.1) is 5.69 Å². The van der Waals surface area contributed by atoms with E-state index in [1.54, 1.807) is 30.3 Å². The van der Waals surface area contributed by atoms with Gasteiger partial charge >= 0.3 is 0 Å². The Kier molecular flexibility index (Phi) is 4.53. The van der Waals surface area contributed by atoms with Gasteiger partial charge in [-0.2, -0.15) is 15.6 Å². The first-order chi connectivity index (χ1) is 10.2. The van der Waals surface area contributed by atoms with Crippen molar-refractivity contribution in [2.75, 3.05) is 18.5 Å². The SMILES string of the molecule is Cc1c(NN=C(C#N)C#N)cccc1C(=O)N1CCCC1. The van der Waals surface area contributed by atoms with Crippen molar-refractivity contribution in [3.8, 4) is 12.1 Å². The molecular weight excluding hydrogens is 266 g/mol. The summed E-state index contributed by atoms with van der Waals surface area (Å²) in [7, 11) is 0. The van der Waals surface area contributed by atoms with Crippen LogP contribution in [0.1, 0.15) is 28.8 Å². The Hall–Kier alpha value is -2.86. The second-order valence-electron chi connectivity index (χ2n) is 4.77. The molecule has 1 fully saturated rings. The van der Waals surface area contributed by atoms with E-state index in [9.17, 15) is 4.79 Å². The molecule has 106 valence electrons. The smallest absolute Gasteiger partial charge is 0.254 e. The first-order valence-corrected chi connectivity index (χ1v) is 6.70. The van der Waals surface area contributed by atoms with Crippen LogP contribution in [-0.2, 0) is 0 Å². The highest BCUT2D eigenvalue weighted by molar-refractivity contribution is 6.10. The lowest BCUT2D eigenvalue weighted by molar-refractivity contribution is 0.0792. The van der Waals surface area contributed by atoms with Gasteiger partial charge in [0.2, 0.25) is 5.71 Å². The average Bonchev–Trinajstić information content (AvgIpc) is 3.03. The average molecular weight is 281 g/mol. The number of hydrogen-bond donors (Lipinski definition) is 1. The van der Waals surface area contributed by atoms with Crippen molar-refractivity contribution in [3.63, 3.8) is 0 Å². The normalized spacial score (nSPS) is 13.2. The van der Waals surface area contributed by atoms with Crippen LogP contribution >= 0.6 is 0 Å². The summed E-state index contributed by atoms with van der Waals surface area (Å²) in [6.45, 7) is 3.40. The van der Waals surface area contributed by atoms with Crippen molar-refractivity contribution in [2.45, 2.75) is 19.8 Å². The summed E-state index contributed by atoms with van der Waals surface area (Å²) in [6.07, 6.45) is 2.08. The van der Waals surface area contributed by atoms with E-state index in [0.717, 1.165) is 31.5 Å². The third-order valence-electron chi connectivity index (χ3n) is 3.46. The maximum atomic E-state index is 12.4. The van der Waals surface area contributed by atoms with Crippen LogP contribution in [0.4, 0.5) is 5.69 Å². The zero-order valence-electron chi connectivity index (χ0n) is 11.8. The summed E-state index contributed by atoms with van der Waals surface area (Å²) >= 11 is 0. The Labute approximate surface area is 123 Å².